The normalized spacial score (nSPS) is 25.8. The van der Waals surface area contributed by atoms with Crippen LogP contribution in [0.1, 0.15) is 0 Å². The van der Waals surface area contributed by atoms with Gasteiger partial charge in [0.15, 0.2) is 0 Å². The van der Waals surface area contributed by atoms with Crippen molar-refractivity contribution in [2.75, 3.05) is 5.75 Å². The fourth-order valence-electron chi connectivity index (χ4n) is 0.628. The zero-order chi connectivity index (χ0) is 6.85. The zero-order valence-corrected chi connectivity index (χ0v) is 7.86. The van der Waals surface area contributed by atoms with Gasteiger partial charge in [-0.25, -0.2) is 0 Å². The second-order valence-corrected chi connectivity index (χ2v) is 4.72. The van der Waals surface area contributed by atoms with E-state index < -0.39 is 5.97 Å². The Morgan fingerprint density at radius 2 is 2.67 bits per heavy atom. The van der Waals surface area contributed by atoms with Crippen LogP contribution in [-0.2, 0) is 4.79 Å². The van der Waals surface area contributed by atoms with Crippen LogP contribution >= 0.6 is 11.8 Å². The lowest BCUT2D eigenvalue weighted by Crippen LogP contribution is -2.16. The lowest BCUT2D eigenvalue weighted by atomic mass is 10.4. The molecule has 0 radical (unpaired) electrons. The van der Waals surface area contributed by atoms with Gasteiger partial charge in [0.25, 0.3) is 16.3 Å². The highest BCUT2D eigenvalue weighted by molar-refractivity contribution is 8.16. The Bertz CT molecular complexity index is 170. The van der Waals surface area contributed by atoms with Crippen molar-refractivity contribution >= 4 is 37.9 Å². The van der Waals surface area contributed by atoms with Gasteiger partial charge in [-0.1, -0.05) is 0 Å². The van der Waals surface area contributed by atoms with Crippen molar-refractivity contribution in [2.45, 2.75) is 6.04 Å². The average molecular weight is 160 g/mol. The molecular weight excluding hydrogens is 153 g/mol. The van der Waals surface area contributed by atoms with Crippen LogP contribution in [-0.4, -0.2) is 43.1 Å². The molecule has 3 nitrogen and oxygen atoms in total. The van der Waals surface area contributed by atoms with E-state index in [4.69, 9.17) is 5.11 Å². The Labute approximate surface area is 65.0 Å². The van der Waals surface area contributed by atoms with Gasteiger partial charge in [0.2, 0.25) is 6.04 Å². The summed E-state index contributed by atoms with van der Waals surface area (Å²) >= 11 is 2.52. The van der Waals surface area contributed by atoms with Gasteiger partial charge in [0.1, 0.15) is 0 Å². The maximum absolute atomic E-state index is 10.4. The van der Waals surface area contributed by atoms with Crippen LogP contribution in [0.2, 0.25) is 0 Å². The van der Waals surface area contributed by atoms with Crippen molar-refractivity contribution in [1.29, 1.82) is 0 Å². The zero-order valence-electron chi connectivity index (χ0n) is 5.05. The van der Waals surface area contributed by atoms with Gasteiger partial charge in [-0.2, -0.15) is 0 Å². The number of nitrogens with zero attached hydrogens (tertiary/aromatic N) is 1. The molecule has 5 heteroatoms. The summed E-state index contributed by atoms with van der Waals surface area (Å²) in [6.07, 6.45) is 0. The van der Waals surface area contributed by atoms with Crippen LogP contribution in [0.5, 0.6) is 0 Å². The van der Waals surface area contributed by atoms with Crippen LogP contribution in [0.15, 0.2) is 4.99 Å². The molecule has 9 heavy (non-hydrogen) atoms. The Morgan fingerprint density at radius 1 is 2.00 bits per heavy atom. The minimum absolute atomic E-state index is 0.345. The van der Waals surface area contributed by atoms with Gasteiger partial charge in [-0.15, -0.1) is 11.8 Å². The van der Waals surface area contributed by atoms with E-state index in [2.05, 4.69) is 4.99 Å². The lowest BCUT2D eigenvalue weighted by Gasteiger charge is -1.88. The highest BCUT2D eigenvalue weighted by Gasteiger charge is 2.27. The van der Waals surface area contributed by atoms with Crippen molar-refractivity contribution in [3.05, 3.63) is 0 Å². The molecule has 0 saturated carbocycles. The Morgan fingerprint density at radius 3 is 2.89 bits per heavy atom. The van der Waals surface area contributed by atoms with Gasteiger partial charge in [0.05, 0.1) is 0 Å². The fraction of sp³-hybridized carbons (Fsp3) is 0.500. The molecule has 1 rings (SSSR count). The first-order valence-electron chi connectivity index (χ1n) is 2.63. The molecule has 0 fully saturated rings. The third kappa shape index (κ3) is 1.72. The quantitative estimate of drug-likeness (QED) is 0.340. The minimum atomic E-state index is -0.548. The molecule has 0 bridgehead atoms. The summed E-state index contributed by atoms with van der Waals surface area (Å²) in [5, 5.41) is 6.72. The standard InChI is InChI=1S/C4H4NO2S.Al.2H/c6-4(7)3-1-8-2-5-3;;;/h3H,1H2,(H,6,7);;;/p+1. The molecule has 1 aliphatic heterocycles. The van der Waals surface area contributed by atoms with Gasteiger partial charge in [-0.05, 0) is 3.91 Å². The topological polar surface area (TPSA) is 52.3 Å². The van der Waals surface area contributed by atoms with Crippen molar-refractivity contribution in [2.24, 2.45) is 4.99 Å². The van der Waals surface area contributed by atoms with Crippen LogP contribution in [0.4, 0.5) is 0 Å². The number of aliphatic imine (C=N–C) groups is 1. The molecular formula is C4H7AlNO2S+. The SMILES string of the molecule is O=C([OH2+])C1CS[C]([AlH2])=N1. The molecule has 0 saturated heterocycles. The van der Waals surface area contributed by atoms with E-state index in [9.17, 15) is 4.79 Å². The van der Waals surface area contributed by atoms with Crippen molar-refractivity contribution in [3.8, 4) is 0 Å². The van der Waals surface area contributed by atoms with E-state index in [1.54, 1.807) is 11.8 Å². The van der Waals surface area contributed by atoms with Crippen LogP contribution < -0.4 is 0 Å². The molecule has 1 heterocycles. The van der Waals surface area contributed by atoms with Gasteiger partial charge >= 0.3 is 5.97 Å². The largest absolute Gasteiger partial charge is 0.563 e. The van der Waals surface area contributed by atoms with Crippen molar-refractivity contribution in [3.63, 3.8) is 0 Å². The van der Waals surface area contributed by atoms with E-state index in [1.807, 2.05) is 0 Å². The Balaban J connectivity index is 2.57. The maximum Gasteiger partial charge on any atom is 0.541 e. The van der Waals surface area contributed by atoms with E-state index in [0.717, 1.165) is 20.2 Å². The summed E-state index contributed by atoms with van der Waals surface area (Å²) < 4.78 is 1.06. The second-order valence-electron chi connectivity index (χ2n) is 1.84. The predicted octanol–water partition coefficient (Wildman–Crippen LogP) is -1.66. The van der Waals surface area contributed by atoms with E-state index in [-0.39, 0.29) is 6.04 Å². The summed E-state index contributed by atoms with van der Waals surface area (Å²) in [6.45, 7) is 0. The molecule has 0 aromatic carbocycles. The number of thioether (sulfide) groups is 1. The van der Waals surface area contributed by atoms with E-state index in [0.29, 0.717) is 5.75 Å². The number of rotatable bonds is 1. The summed E-state index contributed by atoms with van der Waals surface area (Å²) in [6, 6.07) is -0.345. The monoisotopic (exact) mass is 160 g/mol. The molecule has 1 atom stereocenters. The Kier molecular flexibility index (Phi) is 2.17. The first-order chi connectivity index (χ1) is 4.20. The molecule has 0 aliphatic carbocycles. The predicted molar refractivity (Wildman–Crippen MR) is 40.8 cm³/mol. The highest BCUT2D eigenvalue weighted by Crippen LogP contribution is 2.15. The van der Waals surface area contributed by atoms with Gasteiger partial charge in [-0.3, -0.25) is 4.99 Å². The molecule has 2 N–H and O–H groups in total. The third-order valence-corrected chi connectivity index (χ3v) is 3.22. The average Bonchev–Trinajstić information content (AvgIpc) is 2.14. The summed E-state index contributed by atoms with van der Waals surface area (Å²) in [4.78, 5) is 14.3. The summed E-state index contributed by atoms with van der Waals surface area (Å²) in [5.41, 5.74) is 0. The van der Waals surface area contributed by atoms with Crippen LogP contribution in [0, 0.1) is 0 Å². The maximum atomic E-state index is 10.4. The number of carbonyl (C=O) groups is 1. The smallest absolute Gasteiger partial charge is 0.541 e. The number of hydrogen-bond donors (Lipinski definition) is 0. The van der Waals surface area contributed by atoms with Gasteiger partial charge in [0, 0.05) is 10.5 Å². The molecule has 1 aliphatic rings. The summed E-state index contributed by atoms with van der Waals surface area (Å²) in [7, 11) is 0. The molecule has 48 valence electrons. The first-order valence-corrected chi connectivity index (χ1v) is 4.61. The fourth-order valence-corrected chi connectivity index (χ4v) is 2.27. The lowest BCUT2D eigenvalue weighted by molar-refractivity contribution is -0.137. The Hall–Kier alpha value is 0.0225. The van der Waals surface area contributed by atoms with Crippen LogP contribution in [0.25, 0.3) is 0 Å². The van der Waals surface area contributed by atoms with Crippen LogP contribution in [0.3, 0.4) is 0 Å². The molecule has 1 unspecified atom stereocenters. The molecule has 0 spiro atoms. The minimum Gasteiger partial charge on any atom is -0.563 e. The van der Waals surface area contributed by atoms with Crippen molar-refractivity contribution < 1.29 is 9.90 Å². The number of hydrogen-bond acceptors (Lipinski definition) is 3. The summed E-state index contributed by atoms with van der Waals surface area (Å²) in [5.74, 6) is 0.148. The first kappa shape index (κ1) is 7.13. The van der Waals surface area contributed by atoms with E-state index in [1.165, 1.54) is 0 Å². The number of carbonyl (C=O) groups excluding carboxylic acids is 1. The molecule has 0 aromatic heterocycles. The molecule has 0 amide bonds. The van der Waals surface area contributed by atoms with Gasteiger partial charge < -0.3 is 5.11 Å². The van der Waals surface area contributed by atoms with E-state index >= 15 is 0 Å². The highest BCUT2D eigenvalue weighted by atomic mass is 32.2. The van der Waals surface area contributed by atoms with Crippen molar-refractivity contribution in [1.82, 2.24) is 0 Å². The second kappa shape index (κ2) is 2.74. The third-order valence-electron chi connectivity index (χ3n) is 1.09. The molecule has 0 aromatic rings.